The van der Waals surface area contributed by atoms with Crippen molar-refractivity contribution < 1.29 is 4.42 Å². The van der Waals surface area contributed by atoms with E-state index in [9.17, 15) is 0 Å². The summed E-state index contributed by atoms with van der Waals surface area (Å²) in [5.41, 5.74) is 9.13. The van der Waals surface area contributed by atoms with Gasteiger partial charge < -0.3 is 9.32 Å². The Kier molecular flexibility index (Phi) is 5.53. The molecule has 8 aromatic rings. The van der Waals surface area contributed by atoms with Crippen LogP contribution in [0.1, 0.15) is 5.56 Å². The monoisotopic (exact) mass is 621 g/mol. The number of aryl methyl sites for hydroxylation is 1. The van der Waals surface area contributed by atoms with Gasteiger partial charge in [0.15, 0.2) is 0 Å². The van der Waals surface area contributed by atoms with Crippen LogP contribution in [-0.2, 0) is 0 Å². The van der Waals surface area contributed by atoms with E-state index in [1.165, 1.54) is 47.2 Å². The van der Waals surface area contributed by atoms with Crippen LogP contribution in [0.3, 0.4) is 0 Å². The van der Waals surface area contributed by atoms with Crippen LogP contribution in [0.4, 0.5) is 17.1 Å². The minimum absolute atomic E-state index is 0.811. The average molecular weight is 622 g/mol. The minimum Gasteiger partial charge on any atom is -0.456 e. The van der Waals surface area contributed by atoms with Crippen LogP contribution in [0.2, 0.25) is 18.1 Å². The van der Waals surface area contributed by atoms with Crippen molar-refractivity contribution in [2.45, 2.75) is 20.0 Å². The first-order valence-electron chi connectivity index (χ1n) is 14.9. The molecule has 0 spiro atoms. The predicted molar refractivity (Wildman–Crippen MR) is 193 cm³/mol. The number of nitrogens with zero attached hydrogens (tertiary/aromatic N) is 1. The van der Waals surface area contributed by atoms with Crippen molar-refractivity contribution in [2.24, 2.45) is 0 Å². The molecule has 44 heavy (non-hydrogen) atoms. The van der Waals surface area contributed by atoms with E-state index in [0.29, 0.717) is 0 Å². The standard InChI is InChI=1S/C39H28ClNOSSi/c1-23-7-6-10-36-39(23)32-22-26(13-17-35(32)43-36)41(25-12-16-34-30(20-25)28-8-4-5-9-33(28)42-34)27-14-18-37-31(21-27)29-15-11-24(40)19-38(29)44(37,2)3/h4-22H,1-3H3. The summed E-state index contributed by atoms with van der Waals surface area (Å²) in [5, 5.41) is 8.59. The van der Waals surface area contributed by atoms with Crippen molar-refractivity contribution in [1.82, 2.24) is 0 Å². The van der Waals surface area contributed by atoms with E-state index in [4.69, 9.17) is 16.0 Å². The molecule has 0 saturated heterocycles. The number of halogens is 1. The van der Waals surface area contributed by atoms with Crippen molar-refractivity contribution in [3.05, 3.63) is 126 Å². The van der Waals surface area contributed by atoms with Gasteiger partial charge in [0, 0.05) is 53.0 Å². The second-order valence-corrected chi connectivity index (χ2v) is 18.2. The summed E-state index contributed by atoms with van der Waals surface area (Å²) in [5.74, 6) is 0. The van der Waals surface area contributed by atoms with E-state index in [1.54, 1.807) is 0 Å². The summed E-state index contributed by atoms with van der Waals surface area (Å²) in [7, 11) is -1.86. The van der Waals surface area contributed by atoms with Gasteiger partial charge >= 0.3 is 0 Å². The Morgan fingerprint density at radius 3 is 2.25 bits per heavy atom. The molecule has 212 valence electrons. The number of hydrogen-bond acceptors (Lipinski definition) is 3. The van der Waals surface area contributed by atoms with Gasteiger partial charge in [0.1, 0.15) is 19.2 Å². The molecule has 2 nitrogen and oxygen atoms in total. The van der Waals surface area contributed by atoms with Crippen LogP contribution in [0.5, 0.6) is 0 Å². The van der Waals surface area contributed by atoms with E-state index in [2.05, 4.69) is 122 Å². The predicted octanol–water partition coefficient (Wildman–Crippen LogP) is 11.2. The van der Waals surface area contributed by atoms with Gasteiger partial charge in [0.25, 0.3) is 0 Å². The lowest BCUT2D eigenvalue weighted by atomic mass is 10.0. The molecule has 0 saturated carbocycles. The maximum Gasteiger partial charge on any atom is 0.135 e. The zero-order chi connectivity index (χ0) is 29.7. The van der Waals surface area contributed by atoms with E-state index in [1.807, 2.05) is 29.5 Å². The fourth-order valence-electron chi connectivity index (χ4n) is 7.28. The molecule has 3 heterocycles. The third-order valence-electron chi connectivity index (χ3n) is 9.44. The molecule has 0 bridgehead atoms. The van der Waals surface area contributed by atoms with E-state index in [-0.39, 0.29) is 0 Å². The second-order valence-electron chi connectivity index (χ2n) is 12.4. The van der Waals surface area contributed by atoms with Crippen molar-refractivity contribution >= 4 is 101 Å². The molecule has 2 aromatic heterocycles. The molecule has 0 fully saturated rings. The number of para-hydroxylation sites is 1. The molecule has 9 rings (SSSR count). The molecule has 1 aliphatic rings. The number of furan rings is 1. The number of anilines is 3. The molecular formula is C39H28ClNOSSi. The van der Waals surface area contributed by atoms with Crippen molar-refractivity contribution in [3.63, 3.8) is 0 Å². The minimum atomic E-state index is -1.86. The molecule has 1 aliphatic heterocycles. The Balaban J connectivity index is 1.31. The largest absolute Gasteiger partial charge is 0.456 e. The Morgan fingerprint density at radius 2 is 1.36 bits per heavy atom. The lowest BCUT2D eigenvalue weighted by Crippen LogP contribution is -2.49. The smallest absolute Gasteiger partial charge is 0.135 e. The highest BCUT2D eigenvalue weighted by atomic mass is 35.5. The summed E-state index contributed by atoms with van der Waals surface area (Å²) in [6.07, 6.45) is 0. The summed E-state index contributed by atoms with van der Waals surface area (Å²) < 4.78 is 8.85. The molecule has 0 amide bonds. The topological polar surface area (TPSA) is 16.4 Å². The highest BCUT2D eigenvalue weighted by molar-refractivity contribution is 7.25. The maximum absolute atomic E-state index is 6.51. The van der Waals surface area contributed by atoms with Crippen molar-refractivity contribution in [2.75, 3.05) is 4.90 Å². The Labute approximate surface area is 265 Å². The quantitative estimate of drug-likeness (QED) is 0.182. The maximum atomic E-state index is 6.51. The Hall–Kier alpha value is -4.35. The van der Waals surface area contributed by atoms with Gasteiger partial charge in [-0.2, -0.15) is 0 Å². The number of hydrogen-bond donors (Lipinski definition) is 0. The summed E-state index contributed by atoms with van der Waals surface area (Å²) in [6, 6.07) is 41.9. The summed E-state index contributed by atoms with van der Waals surface area (Å²) >= 11 is 8.38. The van der Waals surface area contributed by atoms with Gasteiger partial charge in [-0.05, 0) is 107 Å². The molecular weight excluding hydrogens is 594 g/mol. The van der Waals surface area contributed by atoms with Crippen LogP contribution < -0.4 is 15.3 Å². The van der Waals surface area contributed by atoms with Crippen LogP contribution in [0.15, 0.2) is 120 Å². The molecule has 6 aromatic carbocycles. The van der Waals surface area contributed by atoms with Gasteiger partial charge in [0.05, 0.1) is 0 Å². The van der Waals surface area contributed by atoms with Crippen LogP contribution in [0, 0.1) is 6.92 Å². The third-order valence-corrected chi connectivity index (χ3v) is 14.4. The molecule has 5 heteroatoms. The van der Waals surface area contributed by atoms with Crippen molar-refractivity contribution in [1.29, 1.82) is 0 Å². The first kappa shape index (κ1) is 26.1. The fourth-order valence-corrected chi connectivity index (χ4v) is 11.8. The number of rotatable bonds is 3. The van der Waals surface area contributed by atoms with Crippen LogP contribution in [0.25, 0.3) is 53.2 Å². The zero-order valence-corrected chi connectivity index (χ0v) is 27.2. The van der Waals surface area contributed by atoms with Gasteiger partial charge in [0.2, 0.25) is 0 Å². The first-order valence-corrected chi connectivity index (χ1v) is 19.1. The summed E-state index contributed by atoms with van der Waals surface area (Å²) in [6.45, 7) is 7.08. The Morgan fingerprint density at radius 1 is 0.614 bits per heavy atom. The fraction of sp³-hybridized carbons (Fsp3) is 0.0769. The summed E-state index contributed by atoms with van der Waals surface area (Å²) in [4.78, 5) is 2.41. The van der Waals surface area contributed by atoms with E-state index >= 15 is 0 Å². The van der Waals surface area contributed by atoms with Gasteiger partial charge in [-0.1, -0.05) is 67.2 Å². The van der Waals surface area contributed by atoms with Crippen molar-refractivity contribution in [3.8, 4) is 11.1 Å². The Bertz CT molecular complexity index is 2470. The highest BCUT2D eigenvalue weighted by Crippen LogP contribution is 2.44. The molecule has 0 unspecified atom stereocenters. The molecule has 0 atom stereocenters. The highest BCUT2D eigenvalue weighted by Gasteiger charge is 2.38. The zero-order valence-electron chi connectivity index (χ0n) is 24.6. The molecule has 0 N–H and O–H groups in total. The van der Waals surface area contributed by atoms with E-state index < -0.39 is 8.07 Å². The number of benzene rings is 6. The molecule has 0 radical (unpaired) electrons. The second kappa shape index (κ2) is 9.32. The normalized spacial score (nSPS) is 13.6. The lowest BCUT2D eigenvalue weighted by molar-refractivity contribution is 0.669. The lowest BCUT2D eigenvalue weighted by Gasteiger charge is -2.27. The molecule has 0 aliphatic carbocycles. The SMILES string of the molecule is Cc1cccc2sc3ccc(N(c4ccc5c(c4)-c4ccc(Cl)cc4[Si]5(C)C)c4ccc5oc6ccccc6c5c4)cc3c12. The van der Waals surface area contributed by atoms with Gasteiger partial charge in [-0.15, -0.1) is 11.3 Å². The van der Waals surface area contributed by atoms with Gasteiger partial charge in [-0.3, -0.25) is 0 Å². The number of thiophene rings is 1. The number of fused-ring (bicyclic) bond motifs is 9. The van der Waals surface area contributed by atoms with Crippen LogP contribution >= 0.6 is 22.9 Å². The van der Waals surface area contributed by atoms with Crippen LogP contribution in [-0.4, -0.2) is 8.07 Å². The van der Waals surface area contributed by atoms with E-state index in [0.717, 1.165) is 44.0 Å². The third kappa shape index (κ3) is 3.72. The van der Waals surface area contributed by atoms with Gasteiger partial charge in [-0.25, -0.2) is 0 Å². The average Bonchev–Trinajstić information content (AvgIpc) is 3.65. The first-order chi connectivity index (χ1) is 21.4.